The number of carbonyl (C=O) groups excluding carboxylic acids is 1. The molecule has 0 unspecified atom stereocenters. The van der Waals surface area contributed by atoms with E-state index >= 15 is 0 Å². The second kappa shape index (κ2) is 4.44. The normalized spacial score (nSPS) is 10.9. The van der Waals surface area contributed by atoms with Crippen molar-refractivity contribution >= 4 is 5.78 Å². The Bertz CT molecular complexity index is 452. The zero-order chi connectivity index (χ0) is 12.3. The molecule has 16 heavy (non-hydrogen) atoms. The van der Waals surface area contributed by atoms with E-state index in [-0.39, 0.29) is 22.3 Å². The number of rotatable bonds is 2. The van der Waals surface area contributed by atoms with Crippen LogP contribution in [0.5, 0.6) is 0 Å². The number of halogens is 1. The number of nitrogens with zero attached hydrogens (tertiary/aromatic N) is 1. The summed E-state index contributed by atoms with van der Waals surface area (Å²) < 4.78 is 13.3. The first kappa shape index (κ1) is 12.4. The maximum atomic E-state index is 13.3. The summed E-state index contributed by atoms with van der Waals surface area (Å²) in [6.07, 6.45) is 0.297. The summed E-state index contributed by atoms with van der Waals surface area (Å²) in [5.74, 6) is -0.828. The molecule has 0 fully saturated rings. The van der Waals surface area contributed by atoms with Crippen LogP contribution in [0.15, 0.2) is 18.2 Å². The zero-order valence-electron chi connectivity index (χ0n) is 9.67. The first-order chi connectivity index (χ1) is 7.35. The van der Waals surface area contributed by atoms with Crippen LogP contribution < -0.4 is 0 Å². The number of carbonyl (C=O) groups is 1. The van der Waals surface area contributed by atoms with Gasteiger partial charge in [-0.25, -0.2) is 4.39 Å². The summed E-state index contributed by atoms with van der Waals surface area (Å²) in [5.41, 5.74) is -0.148. The quantitative estimate of drug-likeness (QED) is 0.716. The van der Waals surface area contributed by atoms with Gasteiger partial charge >= 0.3 is 0 Å². The van der Waals surface area contributed by atoms with Crippen molar-refractivity contribution in [1.29, 1.82) is 5.26 Å². The van der Waals surface area contributed by atoms with Gasteiger partial charge in [0.25, 0.3) is 0 Å². The fraction of sp³-hybridized carbons (Fsp3) is 0.385. The van der Waals surface area contributed by atoms with Crippen LogP contribution in [-0.4, -0.2) is 5.78 Å². The Kier molecular flexibility index (Phi) is 3.44. The largest absolute Gasteiger partial charge is 0.294 e. The third-order valence-corrected chi connectivity index (χ3v) is 2.12. The molecule has 0 saturated carbocycles. The fourth-order valence-electron chi connectivity index (χ4n) is 1.45. The van der Waals surface area contributed by atoms with Crippen LogP contribution in [0, 0.1) is 22.6 Å². The third kappa shape index (κ3) is 2.90. The van der Waals surface area contributed by atoms with Crippen molar-refractivity contribution in [3.63, 3.8) is 0 Å². The topological polar surface area (TPSA) is 40.9 Å². The molecule has 0 saturated heterocycles. The van der Waals surface area contributed by atoms with Gasteiger partial charge in [0.05, 0.1) is 5.56 Å². The monoisotopic (exact) mass is 219 g/mol. The van der Waals surface area contributed by atoms with Gasteiger partial charge in [-0.2, -0.15) is 5.26 Å². The molecule has 0 aliphatic rings. The first-order valence-electron chi connectivity index (χ1n) is 5.07. The number of ketones is 1. The molecule has 0 spiro atoms. The van der Waals surface area contributed by atoms with E-state index in [0.29, 0.717) is 6.42 Å². The molecule has 0 bridgehead atoms. The lowest BCUT2D eigenvalue weighted by Crippen LogP contribution is -2.14. The van der Waals surface area contributed by atoms with E-state index < -0.39 is 5.82 Å². The number of hydrogen-bond donors (Lipinski definition) is 0. The van der Waals surface area contributed by atoms with Crippen LogP contribution in [0.1, 0.15) is 43.1 Å². The molecule has 1 aromatic carbocycles. The highest BCUT2D eigenvalue weighted by atomic mass is 19.1. The second-order valence-corrected chi connectivity index (χ2v) is 4.93. The lowest BCUT2D eigenvalue weighted by Gasteiger charge is -2.17. The summed E-state index contributed by atoms with van der Waals surface area (Å²) in [6, 6.07) is 5.87. The van der Waals surface area contributed by atoms with E-state index in [0.717, 1.165) is 0 Å². The summed E-state index contributed by atoms with van der Waals surface area (Å²) in [6.45, 7) is 5.78. The molecular weight excluding hydrogens is 205 g/mol. The Labute approximate surface area is 94.7 Å². The lowest BCUT2D eigenvalue weighted by atomic mass is 9.87. The molecule has 0 aliphatic carbocycles. The minimum atomic E-state index is -0.637. The second-order valence-electron chi connectivity index (χ2n) is 4.93. The van der Waals surface area contributed by atoms with E-state index in [2.05, 4.69) is 0 Å². The third-order valence-electron chi connectivity index (χ3n) is 2.12. The molecule has 0 aliphatic heterocycles. The van der Waals surface area contributed by atoms with Crippen LogP contribution in [-0.2, 0) is 0 Å². The van der Waals surface area contributed by atoms with Crippen LogP contribution in [0.2, 0.25) is 0 Å². The average Bonchev–Trinajstić information content (AvgIpc) is 2.14. The first-order valence-corrected chi connectivity index (χ1v) is 5.07. The standard InChI is InChI=1S/C13H14FNO/c1-13(2,3)7-12(16)9-5-4-6-11(14)10(9)8-15/h4-6H,7H2,1-3H3. The maximum absolute atomic E-state index is 13.3. The molecule has 0 aromatic heterocycles. The molecule has 3 heteroatoms. The minimum absolute atomic E-state index is 0.156. The fourth-order valence-corrected chi connectivity index (χ4v) is 1.45. The average molecular weight is 219 g/mol. The van der Waals surface area contributed by atoms with Crippen LogP contribution in [0.4, 0.5) is 4.39 Å². The Morgan fingerprint density at radius 3 is 2.56 bits per heavy atom. The molecule has 2 nitrogen and oxygen atoms in total. The number of nitriles is 1. The van der Waals surface area contributed by atoms with Gasteiger partial charge in [-0.1, -0.05) is 26.8 Å². The van der Waals surface area contributed by atoms with Crippen LogP contribution in [0.3, 0.4) is 0 Å². The van der Waals surface area contributed by atoms with Crippen molar-refractivity contribution in [3.8, 4) is 6.07 Å². The van der Waals surface area contributed by atoms with Crippen molar-refractivity contribution < 1.29 is 9.18 Å². The van der Waals surface area contributed by atoms with Crippen molar-refractivity contribution in [2.45, 2.75) is 27.2 Å². The molecule has 0 atom stereocenters. The van der Waals surface area contributed by atoms with Gasteiger partial charge in [0.2, 0.25) is 0 Å². The van der Waals surface area contributed by atoms with Crippen molar-refractivity contribution in [2.24, 2.45) is 5.41 Å². The minimum Gasteiger partial charge on any atom is -0.294 e. The highest BCUT2D eigenvalue weighted by molar-refractivity contribution is 5.98. The number of benzene rings is 1. The smallest absolute Gasteiger partial charge is 0.164 e. The predicted octanol–water partition coefficient (Wildman–Crippen LogP) is 3.32. The lowest BCUT2D eigenvalue weighted by molar-refractivity contribution is 0.0939. The van der Waals surface area contributed by atoms with Gasteiger partial charge in [-0.05, 0) is 17.5 Å². The Hall–Kier alpha value is -1.69. The van der Waals surface area contributed by atoms with Gasteiger partial charge in [-0.15, -0.1) is 0 Å². The Morgan fingerprint density at radius 2 is 2.06 bits per heavy atom. The maximum Gasteiger partial charge on any atom is 0.164 e. The highest BCUT2D eigenvalue weighted by Crippen LogP contribution is 2.23. The molecule has 0 heterocycles. The van der Waals surface area contributed by atoms with Gasteiger partial charge < -0.3 is 0 Å². The summed E-state index contributed by atoms with van der Waals surface area (Å²) in [5, 5.41) is 8.80. The molecule has 0 radical (unpaired) electrons. The van der Waals surface area contributed by atoms with E-state index in [4.69, 9.17) is 5.26 Å². The molecule has 0 N–H and O–H groups in total. The van der Waals surface area contributed by atoms with E-state index in [9.17, 15) is 9.18 Å². The molecule has 1 rings (SSSR count). The van der Waals surface area contributed by atoms with E-state index in [1.165, 1.54) is 18.2 Å². The summed E-state index contributed by atoms with van der Waals surface area (Å²) in [7, 11) is 0. The van der Waals surface area contributed by atoms with E-state index in [1.807, 2.05) is 20.8 Å². The Morgan fingerprint density at radius 1 is 1.44 bits per heavy atom. The van der Waals surface area contributed by atoms with Crippen LogP contribution in [0.25, 0.3) is 0 Å². The number of hydrogen-bond acceptors (Lipinski definition) is 2. The van der Waals surface area contributed by atoms with E-state index in [1.54, 1.807) is 6.07 Å². The van der Waals surface area contributed by atoms with Crippen LogP contribution >= 0.6 is 0 Å². The van der Waals surface area contributed by atoms with Gasteiger partial charge in [0.1, 0.15) is 11.9 Å². The summed E-state index contributed by atoms with van der Waals surface area (Å²) >= 11 is 0. The van der Waals surface area contributed by atoms with Crippen molar-refractivity contribution in [1.82, 2.24) is 0 Å². The zero-order valence-corrected chi connectivity index (χ0v) is 9.67. The SMILES string of the molecule is CC(C)(C)CC(=O)c1cccc(F)c1C#N. The summed E-state index contributed by atoms with van der Waals surface area (Å²) in [4.78, 5) is 11.9. The van der Waals surface area contributed by atoms with Crippen molar-refractivity contribution in [2.75, 3.05) is 0 Å². The van der Waals surface area contributed by atoms with Gasteiger partial charge in [0.15, 0.2) is 5.78 Å². The predicted molar refractivity (Wildman–Crippen MR) is 59.5 cm³/mol. The van der Waals surface area contributed by atoms with Gasteiger partial charge in [-0.3, -0.25) is 4.79 Å². The van der Waals surface area contributed by atoms with Gasteiger partial charge in [0, 0.05) is 12.0 Å². The highest BCUT2D eigenvalue weighted by Gasteiger charge is 2.20. The number of Topliss-reactive ketones (excluding diaryl/α,β-unsaturated/α-hetero) is 1. The molecule has 1 aromatic rings. The molecular formula is C13H14FNO. The molecule has 84 valence electrons. The molecule has 0 amide bonds. The van der Waals surface area contributed by atoms with Crippen molar-refractivity contribution in [3.05, 3.63) is 35.1 Å². The Balaban J connectivity index is 3.11.